The number of aromatic amines is 1. The molecule has 0 saturated carbocycles. The van der Waals surface area contributed by atoms with Crippen LogP contribution in [0.5, 0.6) is 0 Å². The van der Waals surface area contributed by atoms with Crippen molar-refractivity contribution < 1.29 is 14.5 Å². The van der Waals surface area contributed by atoms with Gasteiger partial charge in [0.25, 0.3) is 5.69 Å². The number of carbonyl (C=O) groups excluding carboxylic acids is 1. The molecule has 1 aromatic carbocycles. The minimum absolute atomic E-state index is 0.00835. The number of nitro groups is 1. The summed E-state index contributed by atoms with van der Waals surface area (Å²) in [5.41, 5.74) is 0.915. The second-order valence-electron chi connectivity index (χ2n) is 5.60. The molecule has 0 saturated heterocycles. The molecule has 0 amide bonds. The van der Waals surface area contributed by atoms with Gasteiger partial charge in [-0.15, -0.1) is 0 Å². The van der Waals surface area contributed by atoms with Crippen molar-refractivity contribution in [2.45, 2.75) is 26.4 Å². The van der Waals surface area contributed by atoms with Gasteiger partial charge in [-0.3, -0.25) is 10.1 Å². The van der Waals surface area contributed by atoms with Crippen LogP contribution in [0.2, 0.25) is 0 Å². The second-order valence-corrected chi connectivity index (χ2v) is 5.60. The first-order chi connectivity index (χ1) is 9.76. The number of carbonyl (C=O) groups is 1. The van der Waals surface area contributed by atoms with Gasteiger partial charge in [0, 0.05) is 40.9 Å². The van der Waals surface area contributed by atoms with Crippen molar-refractivity contribution >= 4 is 28.6 Å². The number of aromatic nitrogens is 1. The molecule has 1 heterocycles. The summed E-state index contributed by atoms with van der Waals surface area (Å²) in [6.45, 7) is 5.36. The first-order valence-electron chi connectivity index (χ1n) is 6.43. The lowest BCUT2D eigenvalue weighted by atomic mass is 10.1. The quantitative estimate of drug-likeness (QED) is 0.406. The van der Waals surface area contributed by atoms with Crippen molar-refractivity contribution in [3.05, 3.63) is 46.1 Å². The van der Waals surface area contributed by atoms with E-state index in [2.05, 4.69) is 4.98 Å². The molecule has 6 nitrogen and oxygen atoms in total. The monoisotopic (exact) mass is 288 g/mol. The van der Waals surface area contributed by atoms with Gasteiger partial charge in [0.05, 0.1) is 4.92 Å². The number of H-pyrrole nitrogens is 1. The van der Waals surface area contributed by atoms with E-state index in [9.17, 15) is 14.9 Å². The topological polar surface area (TPSA) is 85.2 Å². The summed E-state index contributed by atoms with van der Waals surface area (Å²) < 4.78 is 5.17. The Morgan fingerprint density at radius 3 is 2.71 bits per heavy atom. The summed E-state index contributed by atoms with van der Waals surface area (Å²) in [6.07, 6.45) is 4.58. The number of hydrogen-bond donors (Lipinski definition) is 1. The smallest absolute Gasteiger partial charge is 0.331 e. The number of nitro benzene ring substituents is 1. The SMILES string of the molecule is CC(C)(C)OC(=O)C=Cc1c[nH]c2ccc([N+](=O)[O-])cc12. The van der Waals surface area contributed by atoms with E-state index in [1.54, 1.807) is 39.1 Å². The summed E-state index contributed by atoms with van der Waals surface area (Å²) in [6, 6.07) is 4.54. The Kier molecular flexibility index (Phi) is 3.80. The normalized spacial score (nSPS) is 12.0. The molecule has 0 atom stereocenters. The summed E-state index contributed by atoms with van der Waals surface area (Å²) in [7, 11) is 0. The largest absolute Gasteiger partial charge is 0.457 e. The van der Waals surface area contributed by atoms with E-state index >= 15 is 0 Å². The van der Waals surface area contributed by atoms with Crippen molar-refractivity contribution in [1.29, 1.82) is 0 Å². The number of esters is 1. The highest BCUT2D eigenvalue weighted by Crippen LogP contribution is 2.24. The van der Waals surface area contributed by atoms with Crippen molar-refractivity contribution in [2.24, 2.45) is 0 Å². The first-order valence-corrected chi connectivity index (χ1v) is 6.43. The Hall–Kier alpha value is -2.63. The third-order valence-corrected chi connectivity index (χ3v) is 2.71. The average molecular weight is 288 g/mol. The van der Waals surface area contributed by atoms with E-state index in [1.807, 2.05) is 0 Å². The van der Waals surface area contributed by atoms with Gasteiger partial charge in [-0.2, -0.15) is 0 Å². The Morgan fingerprint density at radius 2 is 2.10 bits per heavy atom. The lowest BCUT2D eigenvalue weighted by molar-refractivity contribution is -0.384. The zero-order valence-corrected chi connectivity index (χ0v) is 12.0. The fourth-order valence-electron chi connectivity index (χ4n) is 1.88. The Balaban J connectivity index is 2.28. The minimum Gasteiger partial charge on any atom is -0.457 e. The van der Waals surface area contributed by atoms with Crippen LogP contribution in [0.4, 0.5) is 5.69 Å². The molecule has 0 spiro atoms. The highest BCUT2D eigenvalue weighted by molar-refractivity contribution is 5.94. The summed E-state index contributed by atoms with van der Waals surface area (Å²) >= 11 is 0. The van der Waals surface area contributed by atoms with Gasteiger partial charge in [0.1, 0.15) is 5.60 Å². The fraction of sp³-hybridized carbons (Fsp3) is 0.267. The van der Waals surface area contributed by atoms with Gasteiger partial charge in [0.2, 0.25) is 0 Å². The molecule has 0 radical (unpaired) electrons. The molecule has 21 heavy (non-hydrogen) atoms. The predicted octanol–water partition coefficient (Wildman–Crippen LogP) is 3.43. The summed E-state index contributed by atoms with van der Waals surface area (Å²) in [5.74, 6) is -0.456. The van der Waals surface area contributed by atoms with E-state index in [-0.39, 0.29) is 5.69 Å². The molecule has 2 aromatic rings. The van der Waals surface area contributed by atoms with Gasteiger partial charge < -0.3 is 9.72 Å². The van der Waals surface area contributed by atoms with Crippen molar-refractivity contribution in [3.8, 4) is 0 Å². The van der Waals surface area contributed by atoms with Gasteiger partial charge in [0.15, 0.2) is 0 Å². The zero-order valence-electron chi connectivity index (χ0n) is 12.0. The van der Waals surface area contributed by atoms with Gasteiger partial charge >= 0.3 is 5.97 Å². The van der Waals surface area contributed by atoms with Crippen LogP contribution in [0.15, 0.2) is 30.5 Å². The van der Waals surface area contributed by atoms with Crippen LogP contribution in [0.1, 0.15) is 26.3 Å². The van der Waals surface area contributed by atoms with Crippen molar-refractivity contribution in [1.82, 2.24) is 4.98 Å². The van der Waals surface area contributed by atoms with Gasteiger partial charge in [-0.05, 0) is 32.9 Å². The maximum absolute atomic E-state index is 11.6. The lowest BCUT2D eigenvalue weighted by Crippen LogP contribution is -2.22. The minimum atomic E-state index is -0.555. The van der Waals surface area contributed by atoms with Crippen LogP contribution in [0.25, 0.3) is 17.0 Å². The van der Waals surface area contributed by atoms with Crippen LogP contribution >= 0.6 is 0 Å². The average Bonchev–Trinajstić information content (AvgIpc) is 2.76. The van der Waals surface area contributed by atoms with Crippen LogP contribution in [-0.4, -0.2) is 21.5 Å². The number of hydrogen-bond acceptors (Lipinski definition) is 4. The van der Waals surface area contributed by atoms with E-state index in [0.29, 0.717) is 10.9 Å². The van der Waals surface area contributed by atoms with Crippen LogP contribution < -0.4 is 0 Å². The molecule has 1 N–H and O–H groups in total. The third kappa shape index (κ3) is 3.68. The third-order valence-electron chi connectivity index (χ3n) is 2.71. The highest BCUT2D eigenvalue weighted by Gasteiger charge is 2.14. The number of non-ortho nitro benzene ring substituents is 1. The van der Waals surface area contributed by atoms with E-state index in [0.717, 1.165) is 5.52 Å². The molecular formula is C15H16N2O4. The highest BCUT2D eigenvalue weighted by atomic mass is 16.6. The Labute approximate surface area is 121 Å². The van der Waals surface area contributed by atoms with Gasteiger partial charge in [-0.25, -0.2) is 4.79 Å². The molecule has 0 unspecified atom stereocenters. The van der Waals surface area contributed by atoms with Gasteiger partial charge in [-0.1, -0.05) is 0 Å². The van der Waals surface area contributed by atoms with E-state index < -0.39 is 16.5 Å². The number of nitrogens with one attached hydrogen (secondary N) is 1. The molecule has 2 rings (SSSR count). The maximum atomic E-state index is 11.6. The van der Waals surface area contributed by atoms with Crippen molar-refractivity contribution in [2.75, 3.05) is 0 Å². The molecule has 0 aliphatic heterocycles. The standard InChI is InChI=1S/C15H16N2O4/c1-15(2,3)21-14(18)7-4-10-9-16-13-6-5-11(17(19)20)8-12(10)13/h4-9,16H,1-3H3. The fourth-order valence-corrected chi connectivity index (χ4v) is 1.88. The zero-order chi connectivity index (χ0) is 15.6. The van der Waals surface area contributed by atoms with Crippen LogP contribution in [0, 0.1) is 10.1 Å². The Bertz CT molecular complexity index is 723. The van der Waals surface area contributed by atoms with Crippen LogP contribution in [-0.2, 0) is 9.53 Å². The molecular weight excluding hydrogens is 272 g/mol. The first kappa shape index (κ1) is 14.8. The molecule has 1 aromatic heterocycles. The molecule has 0 bridgehead atoms. The van der Waals surface area contributed by atoms with Crippen molar-refractivity contribution in [3.63, 3.8) is 0 Å². The maximum Gasteiger partial charge on any atom is 0.331 e. The molecule has 0 aliphatic carbocycles. The summed E-state index contributed by atoms with van der Waals surface area (Å²) in [5, 5.41) is 11.5. The number of ether oxygens (including phenoxy) is 1. The Morgan fingerprint density at radius 1 is 1.38 bits per heavy atom. The lowest BCUT2D eigenvalue weighted by Gasteiger charge is -2.17. The van der Waals surface area contributed by atoms with Crippen LogP contribution in [0.3, 0.4) is 0 Å². The number of nitrogens with zero attached hydrogens (tertiary/aromatic N) is 1. The summed E-state index contributed by atoms with van der Waals surface area (Å²) in [4.78, 5) is 25.0. The molecule has 0 aliphatic rings. The van der Waals surface area contributed by atoms with E-state index in [4.69, 9.17) is 4.74 Å². The second kappa shape index (κ2) is 5.40. The number of fused-ring (bicyclic) bond motifs is 1. The molecule has 6 heteroatoms. The predicted molar refractivity (Wildman–Crippen MR) is 79.8 cm³/mol. The number of benzene rings is 1. The molecule has 0 fully saturated rings. The van der Waals surface area contributed by atoms with E-state index in [1.165, 1.54) is 18.2 Å². The number of rotatable bonds is 3. The molecule has 110 valence electrons.